The molecular formula is C20H20N2O4. The van der Waals surface area contributed by atoms with Gasteiger partial charge in [0.1, 0.15) is 17.2 Å². The molecule has 3 aromatic rings. The Kier molecular flexibility index (Phi) is 4.93. The number of rotatable bonds is 5. The molecular weight excluding hydrogens is 332 g/mol. The first-order chi connectivity index (χ1) is 12.5. The molecule has 0 saturated carbocycles. The average Bonchev–Trinajstić information content (AvgIpc) is 2.67. The summed E-state index contributed by atoms with van der Waals surface area (Å²) in [6.45, 7) is 1.85. The summed E-state index contributed by atoms with van der Waals surface area (Å²) in [7, 11) is 3.14. The highest BCUT2D eigenvalue weighted by atomic mass is 16.5. The molecule has 6 nitrogen and oxygen atoms in total. The number of hydrogen-bond acceptors (Lipinski definition) is 4. The summed E-state index contributed by atoms with van der Waals surface area (Å²) < 4.78 is 10.6. The lowest BCUT2D eigenvalue weighted by Crippen LogP contribution is -2.29. The molecule has 1 heterocycles. The van der Waals surface area contributed by atoms with E-state index in [1.165, 1.54) is 0 Å². The van der Waals surface area contributed by atoms with Gasteiger partial charge in [0.15, 0.2) is 0 Å². The maximum absolute atomic E-state index is 12.6. The van der Waals surface area contributed by atoms with Gasteiger partial charge in [0.2, 0.25) is 0 Å². The Labute approximate surface area is 150 Å². The van der Waals surface area contributed by atoms with Gasteiger partial charge in [0.05, 0.1) is 20.3 Å². The number of pyridine rings is 1. The van der Waals surface area contributed by atoms with Crippen LogP contribution in [0.3, 0.4) is 0 Å². The third-order valence-corrected chi connectivity index (χ3v) is 4.25. The molecule has 0 fully saturated rings. The molecule has 6 heteroatoms. The molecule has 0 bridgehead atoms. The van der Waals surface area contributed by atoms with Gasteiger partial charge >= 0.3 is 0 Å². The summed E-state index contributed by atoms with van der Waals surface area (Å²) in [6, 6.07) is 13.9. The molecule has 3 rings (SSSR count). The highest BCUT2D eigenvalue weighted by molar-refractivity contribution is 5.96. The molecule has 0 aliphatic heterocycles. The second-order valence-corrected chi connectivity index (χ2v) is 5.90. The van der Waals surface area contributed by atoms with Gasteiger partial charge in [-0.05, 0) is 36.6 Å². The van der Waals surface area contributed by atoms with Gasteiger partial charge in [-0.25, -0.2) is 0 Å². The highest BCUT2D eigenvalue weighted by Crippen LogP contribution is 2.29. The van der Waals surface area contributed by atoms with E-state index in [2.05, 4.69) is 10.3 Å². The van der Waals surface area contributed by atoms with Crippen molar-refractivity contribution in [1.29, 1.82) is 0 Å². The van der Waals surface area contributed by atoms with Gasteiger partial charge in [-0.1, -0.05) is 18.2 Å². The maximum Gasteiger partial charge on any atom is 0.268 e. The van der Waals surface area contributed by atoms with Crippen LogP contribution in [0.25, 0.3) is 10.8 Å². The number of methoxy groups -OCH3 is 2. The van der Waals surface area contributed by atoms with Crippen LogP contribution in [-0.4, -0.2) is 25.1 Å². The minimum atomic E-state index is -0.363. The van der Waals surface area contributed by atoms with Crippen molar-refractivity contribution in [2.45, 2.75) is 13.0 Å². The number of H-pyrrole nitrogens is 1. The number of carbonyl (C=O) groups excluding carboxylic acids is 1. The zero-order valence-electron chi connectivity index (χ0n) is 14.8. The largest absolute Gasteiger partial charge is 0.497 e. The van der Waals surface area contributed by atoms with Gasteiger partial charge in [-0.15, -0.1) is 0 Å². The van der Waals surface area contributed by atoms with E-state index < -0.39 is 0 Å². The van der Waals surface area contributed by atoms with E-state index in [9.17, 15) is 9.59 Å². The molecule has 1 atom stereocenters. The van der Waals surface area contributed by atoms with E-state index in [0.29, 0.717) is 16.9 Å². The standard InChI is InChI=1S/C20H20N2O4/c1-12(15-9-8-14(25-2)11-18(15)26-3)21-20(24)17-10-13-6-4-5-7-16(13)19(23)22-17/h4-12H,1-3H3,(H,21,24)(H,22,23). The Morgan fingerprint density at radius 2 is 1.85 bits per heavy atom. The molecule has 2 aromatic carbocycles. The van der Waals surface area contributed by atoms with Gasteiger partial charge in [-0.2, -0.15) is 0 Å². The normalized spacial score (nSPS) is 11.8. The minimum Gasteiger partial charge on any atom is -0.497 e. The van der Waals surface area contributed by atoms with Crippen molar-refractivity contribution < 1.29 is 14.3 Å². The Morgan fingerprint density at radius 3 is 2.58 bits per heavy atom. The lowest BCUT2D eigenvalue weighted by molar-refractivity contribution is 0.0934. The first-order valence-corrected chi connectivity index (χ1v) is 8.18. The van der Waals surface area contributed by atoms with E-state index in [1.807, 2.05) is 19.1 Å². The Hall–Kier alpha value is -3.28. The number of aromatic nitrogens is 1. The third-order valence-electron chi connectivity index (χ3n) is 4.25. The molecule has 26 heavy (non-hydrogen) atoms. The summed E-state index contributed by atoms with van der Waals surface area (Å²) in [5.41, 5.74) is 0.737. The predicted molar refractivity (Wildman–Crippen MR) is 100.0 cm³/mol. The van der Waals surface area contributed by atoms with Crippen molar-refractivity contribution in [2.75, 3.05) is 14.2 Å². The van der Waals surface area contributed by atoms with Gasteiger partial charge in [0, 0.05) is 17.0 Å². The summed E-state index contributed by atoms with van der Waals surface area (Å²) in [5.74, 6) is 0.922. The van der Waals surface area contributed by atoms with E-state index in [-0.39, 0.29) is 23.2 Å². The lowest BCUT2D eigenvalue weighted by Gasteiger charge is -2.18. The molecule has 0 spiro atoms. The SMILES string of the molecule is COc1ccc(C(C)NC(=O)c2cc3ccccc3c(=O)[nH]2)c(OC)c1. The molecule has 0 aliphatic carbocycles. The first-order valence-electron chi connectivity index (χ1n) is 8.18. The zero-order chi connectivity index (χ0) is 18.7. The smallest absolute Gasteiger partial charge is 0.268 e. The number of hydrogen-bond donors (Lipinski definition) is 2. The van der Waals surface area contributed by atoms with E-state index in [4.69, 9.17) is 9.47 Å². The van der Waals surface area contributed by atoms with Crippen molar-refractivity contribution >= 4 is 16.7 Å². The number of ether oxygens (including phenoxy) is 2. The number of fused-ring (bicyclic) bond motifs is 1. The quantitative estimate of drug-likeness (QED) is 0.740. The van der Waals surface area contributed by atoms with E-state index in [0.717, 1.165) is 10.9 Å². The average molecular weight is 352 g/mol. The Morgan fingerprint density at radius 1 is 1.08 bits per heavy atom. The van der Waals surface area contributed by atoms with Crippen molar-refractivity contribution in [2.24, 2.45) is 0 Å². The van der Waals surface area contributed by atoms with Crippen molar-refractivity contribution in [1.82, 2.24) is 10.3 Å². The monoisotopic (exact) mass is 352 g/mol. The molecule has 134 valence electrons. The topological polar surface area (TPSA) is 80.4 Å². The fraction of sp³-hybridized carbons (Fsp3) is 0.200. The van der Waals surface area contributed by atoms with Gasteiger partial charge in [0.25, 0.3) is 11.5 Å². The first kappa shape index (κ1) is 17.5. The number of amides is 1. The number of aromatic amines is 1. The molecule has 1 aromatic heterocycles. The predicted octanol–water partition coefficient (Wildman–Crippen LogP) is 3.04. The van der Waals surface area contributed by atoms with Crippen LogP contribution in [-0.2, 0) is 0 Å². The molecule has 0 radical (unpaired) electrons. The number of carbonyl (C=O) groups is 1. The summed E-state index contributed by atoms with van der Waals surface area (Å²) in [5, 5.41) is 4.16. The van der Waals surface area contributed by atoms with Crippen LogP contribution < -0.4 is 20.3 Å². The van der Waals surface area contributed by atoms with Crippen molar-refractivity contribution in [3.63, 3.8) is 0 Å². The number of benzene rings is 2. The van der Waals surface area contributed by atoms with Crippen LogP contribution in [0.2, 0.25) is 0 Å². The van der Waals surface area contributed by atoms with Crippen LogP contribution in [0, 0.1) is 0 Å². The third kappa shape index (κ3) is 3.39. The molecule has 2 N–H and O–H groups in total. The van der Waals surface area contributed by atoms with Gasteiger partial charge in [-0.3, -0.25) is 9.59 Å². The van der Waals surface area contributed by atoms with Crippen LogP contribution in [0.5, 0.6) is 11.5 Å². The summed E-state index contributed by atoms with van der Waals surface area (Å²) in [6.07, 6.45) is 0. The highest BCUT2D eigenvalue weighted by Gasteiger charge is 2.17. The molecule has 0 saturated heterocycles. The Balaban J connectivity index is 1.87. The van der Waals surface area contributed by atoms with Crippen LogP contribution >= 0.6 is 0 Å². The number of nitrogens with one attached hydrogen (secondary N) is 2. The van der Waals surface area contributed by atoms with Crippen LogP contribution in [0.4, 0.5) is 0 Å². The van der Waals surface area contributed by atoms with E-state index >= 15 is 0 Å². The van der Waals surface area contributed by atoms with E-state index in [1.54, 1.807) is 50.6 Å². The molecule has 1 unspecified atom stereocenters. The minimum absolute atomic E-state index is 0.216. The van der Waals surface area contributed by atoms with Crippen molar-refractivity contribution in [3.05, 3.63) is 70.1 Å². The van der Waals surface area contributed by atoms with Gasteiger partial charge < -0.3 is 19.8 Å². The summed E-state index contributed by atoms with van der Waals surface area (Å²) >= 11 is 0. The fourth-order valence-electron chi connectivity index (χ4n) is 2.86. The maximum atomic E-state index is 12.6. The molecule has 1 amide bonds. The van der Waals surface area contributed by atoms with Crippen LogP contribution in [0.1, 0.15) is 29.0 Å². The molecule has 0 aliphatic rings. The lowest BCUT2D eigenvalue weighted by atomic mass is 10.1. The second kappa shape index (κ2) is 7.31. The van der Waals surface area contributed by atoms with Crippen LogP contribution in [0.15, 0.2) is 53.3 Å². The second-order valence-electron chi connectivity index (χ2n) is 5.90. The Bertz CT molecular complexity index is 1010. The van der Waals surface area contributed by atoms with Crippen molar-refractivity contribution in [3.8, 4) is 11.5 Å². The fourth-order valence-corrected chi connectivity index (χ4v) is 2.86. The zero-order valence-corrected chi connectivity index (χ0v) is 14.8. The summed E-state index contributed by atoms with van der Waals surface area (Å²) in [4.78, 5) is 27.4.